The lowest BCUT2D eigenvalue weighted by atomic mass is 10.1. The summed E-state index contributed by atoms with van der Waals surface area (Å²) in [6.07, 6.45) is 1.61. The zero-order valence-corrected chi connectivity index (χ0v) is 27.1. The number of hydrogen-bond acceptors (Lipinski definition) is 5. The number of carbonyl (C=O) groups is 3. The minimum atomic E-state index is -0.510. The van der Waals surface area contributed by atoms with E-state index in [1.807, 2.05) is 80.6 Å². The third-order valence-electron chi connectivity index (χ3n) is 7.31. The van der Waals surface area contributed by atoms with Gasteiger partial charge in [-0.1, -0.05) is 72.8 Å². The normalized spacial score (nSPS) is 11.7. The Hall–Kier alpha value is -5.60. The fraction of sp³-hybridized carbons (Fsp3) is 0.103. The molecule has 1 atom stereocenters. The van der Waals surface area contributed by atoms with Crippen LogP contribution in [0.2, 0.25) is 0 Å². The number of methoxy groups -OCH3 is 1. The molecule has 0 bridgehead atoms. The lowest BCUT2D eigenvalue weighted by Gasteiger charge is -2.18. The van der Waals surface area contributed by atoms with Gasteiger partial charge in [0, 0.05) is 21.8 Å². The molecular formula is C39H35N3O4S. The summed E-state index contributed by atoms with van der Waals surface area (Å²) in [7, 11) is 1.58. The molecule has 5 rings (SSSR count). The largest absolute Gasteiger partial charge is 0.497 e. The van der Waals surface area contributed by atoms with Crippen molar-refractivity contribution < 1.29 is 19.1 Å². The van der Waals surface area contributed by atoms with E-state index in [-0.39, 0.29) is 11.6 Å². The molecule has 7 nitrogen and oxygen atoms in total. The van der Waals surface area contributed by atoms with Gasteiger partial charge in [0.2, 0.25) is 5.91 Å². The Kier molecular flexibility index (Phi) is 10.9. The second-order valence-corrected chi connectivity index (χ2v) is 12.0. The van der Waals surface area contributed by atoms with E-state index >= 15 is 0 Å². The van der Waals surface area contributed by atoms with Gasteiger partial charge in [-0.15, -0.1) is 11.8 Å². The maximum Gasteiger partial charge on any atom is 0.272 e. The second kappa shape index (κ2) is 15.6. The van der Waals surface area contributed by atoms with Gasteiger partial charge in [0.05, 0.1) is 7.11 Å². The SMILES string of the molecule is COc1ccc(/C=C(\NC(=O)c2ccccc2)C(=O)Nc2ccc(SC(C(=O)Nc3cc(C)ccc3C)c3ccccc3)cc2)cc1. The van der Waals surface area contributed by atoms with Crippen molar-refractivity contribution in [3.05, 3.63) is 161 Å². The molecule has 5 aromatic carbocycles. The first-order chi connectivity index (χ1) is 22.8. The third kappa shape index (κ3) is 8.99. The van der Waals surface area contributed by atoms with Crippen molar-refractivity contribution in [2.24, 2.45) is 0 Å². The highest BCUT2D eigenvalue weighted by Gasteiger charge is 2.23. The average molecular weight is 642 g/mol. The molecule has 0 aliphatic rings. The summed E-state index contributed by atoms with van der Waals surface area (Å²) >= 11 is 1.42. The predicted molar refractivity (Wildman–Crippen MR) is 190 cm³/mol. The standard InChI is InChI=1S/C39H35N3O4S/c1-26-14-15-27(2)34(24-26)41-39(45)36(29-10-6-4-7-11-29)47-33-22-18-31(19-23-33)40-38(44)35(25-28-16-20-32(46-3)21-17-28)42-37(43)30-12-8-5-9-13-30/h4-25,36H,1-3H3,(H,40,44)(H,41,45)(H,42,43)/b35-25-. The Morgan fingerprint density at radius 2 is 1.40 bits per heavy atom. The summed E-state index contributed by atoms with van der Waals surface area (Å²) in [4.78, 5) is 40.9. The molecule has 0 aliphatic carbocycles. The quantitative estimate of drug-likeness (QED) is 0.0998. The molecular weight excluding hydrogens is 607 g/mol. The molecule has 8 heteroatoms. The van der Waals surface area contributed by atoms with E-state index in [4.69, 9.17) is 4.74 Å². The van der Waals surface area contributed by atoms with Crippen LogP contribution in [-0.2, 0) is 9.59 Å². The number of ether oxygens (including phenoxy) is 1. The lowest BCUT2D eigenvalue weighted by Crippen LogP contribution is -2.30. The number of anilines is 2. The third-order valence-corrected chi connectivity index (χ3v) is 8.58. The Morgan fingerprint density at radius 3 is 2.06 bits per heavy atom. The molecule has 1 unspecified atom stereocenters. The highest BCUT2D eigenvalue weighted by molar-refractivity contribution is 8.00. The van der Waals surface area contributed by atoms with Gasteiger partial charge >= 0.3 is 0 Å². The smallest absolute Gasteiger partial charge is 0.272 e. The van der Waals surface area contributed by atoms with Crippen molar-refractivity contribution in [2.75, 3.05) is 17.7 Å². The molecule has 3 N–H and O–H groups in total. The topological polar surface area (TPSA) is 96.5 Å². The van der Waals surface area contributed by atoms with Gasteiger partial charge in [0.1, 0.15) is 16.7 Å². The highest BCUT2D eigenvalue weighted by Crippen LogP contribution is 2.37. The van der Waals surface area contributed by atoms with Crippen molar-refractivity contribution >= 4 is 46.9 Å². The average Bonchev–Trinajstić information content (AvgIpc) is 3.10. The Bertz CT molecular complexity index is 1870. The van der Waals surface area contributed by atoms with Gasteiger partial charge < -0.3 is 20.7 Å². The summed E-state index contributed by atoms with van der Waals surface area (Å²) in [6.45, 7) is 3.96. The molecule has 0 heterocycles. The van der Waals surface area contributed by atoms with E-state index in [0.29, 0.717) is 22.6 Å². The van der Waals surface area contributed by atoms with Gasteiger partial charge in [-0.05, 0) is 96.8 Å². The zero-order valence-electron chi connectivity index (χ0n) is 26.3. The van der Waals surface area contributed by atoms with E-state index in [1.54, 1.807) is 73.8 Å². The van der Waals surface area contributed by atoms with Gasteiger partial charge in [-0.2, -0.15) is 0 Å². The molecule has 47 heavy (non-hydrogen) atoms. The first kappa shape index (κ1) is 32.8. The van der Waals surface area contributed by atoms with Gasteiger partial charge in [-0.3, -0.25) is 14.4 Å². The molecule has 0 saturated heterocycles. The van der Waals surface area contributed by atoms with Crippen LogP contribution in [0.4, 0.5) is 11.4 Å². The maximum atomic E-state index is 13.6. The molecule has 0 radical (unpaired) electrons. The first-order valence-corrected chi connectivity index (χ1v) is 15.9. The molecule has 236 valence electrons. The Morgan fingerprint density at radius 1 is 0.745 bits per heavy atom. The van der Waals surface area contributed by atoms with E-state index in [1.165, 1.54) is 11.8 Å². The van der Waals surface area contributed by atoms with E-state index in [0.717, 1.165) is 27.3 Å². The van der Waals surface area contributed by atoms with Crippen LogP contribution in [-0.4, -0.2) is 24.8 Å². The number of nitrogens with one attached hydrogen (secondary N) is 3. The van der Waals surface area contributed by atoms with Crippen molar-refractivity contribution in [3.63, 3.8) is 0 Å². The van der Waals surface area contributed by atoms with Gasteiger partial charge in [-0.25, -0.2) is 0 Å². The number of amides is 3. The molecule has 0 fully saturated rings. The second-order valence-electron chi connectivity index (χ2n) is 10.8. The number of benzene rings is 5. The van der Waals surface area contributed by atoms with Crippen LogP contribution in [0.15, 0.2) is 138 Å². The number of carbonyl (C=O) groups excluding carboxylic acids is 3. The van der Waals surface area contributed by atoms with Crippen LogP contribution in [0, 0.1) is 13.8 Å². The minimum Gasteiger partial charge on any atom is -0.497 e. The molecule has 3 amide bonds. The van der Waals surface area contributed by atoms with Gasteiger partial charge in [0.15, 0.2) is 0 Å². The predicted octanol–water partition coefficient (Wildman–Crippen LogP) is 8.19. The molecule has 0 aliphatic heterocycles. The Balaban J connectivity index is 1.33. The molecule has 0 saturated carbocycles. The van der Waals surface area contributed by atoms with E-state index in [2.05, 4.69) is 16.0 Å². The monoisotopic (exact) mass is 641 g/mol. The number of rotatable bonds is 11. The fourth-order valence-corrected chi connectivity index (χ4v) is 5.75. The number of thioether (sulfide) groups is 1. The maximum absolute atomic E-state index is 13.6. The van der Waals surface area contributed by atoms with Crippen molar-refractivity contribution in [2.45, 2.75) is 24.0 Å². The van der Waals surface area contributed by atoms with Gasteiger partial charge in [0.25, 0.3) is 11.8 Å². The summed E-state index contributed by atoms with van der Waals surface area (Å²) in [6, 6.07) is 38.7. The van der Waals surface area contributed by atoms with Crippen molar-refractivity contribution in [1.82, 2.24) is 5.32 Å². The highest BCUT2D eigenvalue weighted by atomic mass is 32.2. The van der Waals surface area contributed by atoms with Crippen LogP contribution in [0.1, 0.15) is 37.9 Å². The summed E-state index contributed by atoms with van der Waals surface area (Å²) in [5, 5.41) is 8.24. The first-order valence-electron chi connectivity index (χ1n) is 15.0. The van der Waals surface area contributed by atoms with Crippen LogP contribution in [0.5, 0.6) is 5.75 Å². The van der Waals surface area contributed by atoms with E-state index < -0.39 is 17.1 Å². The molecule has 0 spiro atoms. The number of hydrogen-bond donors (Lipinski definition) is 3. The lowest BCUT2D eigenvalue weighted by molar-refractivity contribution is -0.116. The van der Waals surface area contributed by atoms with Crippen molar-refractivity contribution in [3.8, 4) is 5.75 Å². The van der Waals surface area contributed by atoms with Crippen LogP contribution in [0.3, 0.4) is 0 Å². The zero-order chi connectivity index (χ0) is 33.2. The molecule has 5 aromatic rings. The van der Waals surface area contributed by atoms with Crippen LogP contribution >= 0.6 is 11.8 Å². The summed E-state index contributed by atoms with van der Waals surface area (Å²) in [5.41, 5.74) is 5.46. The Labute approximate surface area is 279 Å². The van der Waals surface area contributed by atoms with E-state index in [9.17, 15) is 14.4 Å². The van der Waals surface area contributed by atoms with Crippen LogP contribution < -0.4 is 20.7 Å². The summed E-state index contributed by atoms with van der Waals surface area (Å²) in [5.74, 6) is -0.342. The summed E-state index contributed by atoms with van der Waals surface area (Å²) < 4.78 is 5.24. The minimum absolute atomic E-state index is 0.0785. The number of aryl methyl sites for hydroxylation is 2. The van der Waals surface area contributed by atoms with Crippen molar-refractivity contribution in [1.29, 1.82) is 0 Å². The fourth-order valence-electron chi connectivity index (χ4n) is 4.73. The van der Waals surface area contributed by atoms with Crippen LogP contribution in [0.25, 0.3) is 6.08 Å². The molecule has 0 aromatic heterocycles.